The number of rotatable bonds is 7. The van der Waals surface area contributed by atoms with E-state index in [-0.39, 0.29) is 0 Å². The summed E-state index contributed by atoms with van der Waals surface area (Å²) in [5.74, 6) is 2.68. The first-order chi connectivity index (χ1) is 13.3. The van der Waals surface area contributed by atoms with Gasteiger partial charge >= 0.3 is 0 Å². The Kier molecular flexibility index (Phi) is 6.15. The zero-order chi connectivity index (χ0) is 18.5. The molecular formula is C22H24ClN3S. The van der Waals surface area contributed by atoms with E-state index in [4.69, 9.17) is 16.6 Å². The lowest BCUT2D eigenvalue weighted by atomic mass is 9.89. The molecule has 5 heteroatoms. The molecule has 1 unspecified atom stereocenters. The fourth-order valence-corrected chi connectivity index (χ4v) is 5.05. The maximum Gasteiger partial charge on any atom is 0.0923 e. The van der Waals surface area contributed by atoms with Crippen LogP contribution >= 0.6 is 23.4 Å². The lowest BCUT2D eigenvalue weighted by molar-refractivity contribution is 0.750. The normalized spacial score (nSPS) is 15.8. The third-order valence-electron chi connectivity index (χ3n) is 5.23. The van der Waals surface area contributed by atoms with Gasteiger partial charge in [-0.15, -0.1) is 0 Å². The Morgan fingerprint density at radius 2 is 2.04 bits per heavy atom. The zero-order valence-corrected chi connectivity index (χ0v) is 16.9. The SMILES string of the molecule is Clc1ccc2c(c1)CCc1cccnc1C2CCSCCCc1c[nH]cn1. The number of benzene rings is 1. The van der Waals surface area contributed by atoms with E-state index in [1.54, 1.807) is 6.33 Å². The third-order valence-corrected chi connectivity index (χ3v) is 6.56. The quantitative estimate of drug-likeness (QED) is 0.539. The highest BCUT2D eigenvalue weighted by atomic mass is 35.5. The summed E-state index contributed by atoms with van der Waals surface area (Å²) in [7, 11) is 0. The molecule has 2 heterocycles. The van der Waals surface area contributed by atoms with Crippen molar-refractivity contribution in [3.63, 3.8) is 0 Å². The van der Waals surface area contributed by atoms with E-state index in [1.807, 2.05) is 30.2 Å². The summed E-state index contributed by atoms with van der Waals surface area (Å²) in [5.41, 5.74) is 6.60. The highest BCUT2D eigenvalue weighted by Crippen LogP contribution is 2.37. The van der Waals surface area contributed by atoms with Gasteiger partial charge in [-0.05, 0) is 78.5 Å². The van der Waals surface area contributed by atoms with Crippen molar-refractivity contribution in [3.8, 4) is 0 Å². The van der Waals surface area contributed by atoms with Gasteiger partial charge in [-0.1, -0.05) is 23.7 Å². The van der Waals surface area contributed by atoms with E-state index in [2.05, 4.69) is 34.2 Å². The number of aryl methyl sites for hydroxylation is 3. The van der Waals surface area contributed by atoms with Crippen LogP contribution in [-0.4, -0.2) is 26.5 Å². The molecular weight excluding hydrogens is 374 g/mol. The molecule has 4 rings (SSSR count). The number of halogens is 1. The number of imidazole rings is 1. The summed E-state index contributed by atoms with van der Waals surface area (Å²) in [6.07, 6.45) is 11.1. The number of hydrogen-bond acceptors (Lipinski definition) is 3. The average molecular weight is 398 g/mol. The number of nitrogens with one attached hydrogen (secondary N) is 1. The van der Waals surface area contributed by atoms with Crippen LogP contribution in [0.25, 0.3) is 0 Å². The molecule has 0 bridgehead atoms. The summed E-state index contributed by atoms with van der Waals surface area (Å²) in [4.78, 5) is 12.1. The van der Waals surface area contributed by atoms with E-state index in [0.717, 1.165) is 42.2 Å². The largest absolute Gasteiger partial charge is 0.351 e. The molecule has 1 aromatic carbocycles. The van der Waals surface area contributed by atoms with Crippen LogP contribution in [0.1, 0.15) is 46.8 Å². The number of H-pyrrole nitrogens is 1. The highest BCUT2D eigenvalue weighted by Gasteiger charge is 2.24. The van der Waals surface area contributed by atoms with Gasteiger partial charge in [0, 0.05) is 23.3 Å². The van der Waals surface area contributed by atoms with Crippen molar-refractivity contribution in [1.82, 2.24) is 15.0 Å². The molecule has 1 N–H and O–H groups in total. The van der Waals surface area contributed by atoms with Crippen LogP contribution in [0.5, 0.6) is 0 Å². The monoisotopic (exact) mass is 397 g/mol. The van der Waals surface area contributed by atoms with Crippen molar-refractivity contribution in [1.29, 1.82) is 0 Å². The lowest BCUT2D eigenvalue weighted by Gasteiger charge is -2.19. The van der Waals surface area contributed by atoms with Crippen LogP contribution in [0, 0.1) is 0 Å². The molecule has 1 aliphatic rings. The van der Waals surface area contributed by atoms with Crippen LogP contribution in [0.3, 0.4) is 0 Å². The Morgan fingerprint density at radius 1 is 1.11 bits per heavy atom. The van der Waals surface area contributed by atoms with Crippen molar-refractivity contribution in [2.75, 3.05) is 11.5 Å². The molecule has 27 heavy (non-hydrogen) atoms. The third kappa shape index (κ3) is 4.56. The van der Waals surface area contributed by atoms with Crippen LogP contribution in [0.15, 0.2) is 49.1 Å². The molecule has 1 atom stereocenters. The van der Waals surface area contributed by atoms with E-state index in [9.17, 15) is 0 Å². The predicted molar refractivity (Wildman–Crippen MR) is 114 cm³/mol. The molecule has 0 saturated heterocycles. The van der Waals surface area contributed by atoms with Gasteiger partial charge in [0.25, 0.3) is 0 Å². The predicted octanol–water partition coefficient (Wildman–Crippen LogP) is 5.44. The molecule has 0 aliphatic heterocycles. The second-order valence-electron chi connectivity index (χ2n) is 7.01. The molecule has 0 saturated carbocycles. The van der Waals surface area contributed by atoms with Crippen molar-refractivity contribution >= 4 is 23.4 Å². The smallest absolute Gasteiger partial charge is 0.0923 e. The number of thioether (sulfide) groups is 1. The number of aromatic nitrogens is 3. The highest BCUT2D eigenvalue weighted by molar-refractivity contribution is 7.99. The zero-order valence-electron chi connectivity index (χ0n) is 15.3. The second kappa shape index (κ2) is 8.94. The van der Waals surface area contributed by atoms with Gasteiger partial charge in [-0.25, -0.2) is 4.98 Å². The molecule has 3 nitrogen and oxygen atoms in total. The van der Waals surface area contributed by atoms with Gasteiger partial charge in [-0.2, -0.15) is 11.8 Å². The van der Waals surface area contributed by atoms with Crippen molar-refractivity contribution < 1.29 is 0 Å². The summed E-state index contributed by atoms with van der Waals surface area (Å²) >= 11 is 8.30. The molecule has 0 radical (unpaired) electrons. The van der Waals surface area contributed by atoms with Crippen LogP contribution in [0.4, 0.5) is 0 Å². The van der Waals surface area contributed by atoms with Gasteiger partial charge in [-0.3, -0.25) is 4.98 Å². The van der Waals surface area contributed by atoms with Crippen LogP contribution < -0.4 is 0 Å². The van der Waals surface area contributed by atoms with Gasteiger partial charge < -0.3 is 4.98 Å². The summed E-state index contributed by atoms with van der Waals surface area (Å²) in [6.45, 7) is 0. The first kappa shape index (κ1) is 18.6. The Labute approximate surface area is 170 Å². The fourth-order valence-electron chi connectivity index (χ4n) is 3.90. The van der Waals surface area contributed by atoms with Gasteiger partial charge in [0.05, 0.1) is 17.7 Å². The molecule has 140 valence electrons. The first-order valence-electron chi connectivity index (χ1n) is 9.59. The molecule has 1 aliphatic carbocycles. The van der Waals surface area contributed by atoms with E-state index < -0.39 is 0 Å². The lowest BCUT2D eigenvalue weighted by Crippen LogP contribution is -2.07. The Bertz CT molecular complexity index is 879. The summed E-state index contributed by atoms with van der Waals surface area (Å²) in [6, 6.07) is 10.7. The Hall–Kier alpha value is -1.78. The molecule has 0 amide bonds. The Balaban J connectivity index is 1.41. The Morgan fingerprint density at radius 3 is 2.93 bits per heavy atom. The number of nitrogens with zero attached hydrogens (tertiary/aromatic N) is 2. The standard InChI is InChI=1S/C22H24ClN3S/c23-18-7-8-20-17(13-18)6-5-16-3-1-10-25-22(16)21(20)9-12-27-11-2-4-19-14-24-15-26-19/h1,3,7-8,10,13-15,21H,2,4-6,9,11-12H2,(H,24,26). The van der Waals surface area contributed by atoms with Crippen LogP contribution in [-0.2, 0) is 19.3 Å². The van der Waals surface area contributed by atoms with E-state index in [1.165, 1.54) is 34.6 Å². The summed E-state index contributed by atoms with van der Waals surface area (Å²) in [5, 5.41) is 0.833. The first-order valence-corrected chi connectivity index (χ1v) is 11.1. The number of aromatic amines is 1. The van der Waals surface area contributed by atoms with E-state index >= 15 is 0 Å². The summed E-state index contributed by atoms with van der Waals surface area (Å²) < 4.78 is 0. The number of hydrogen-bond donors (Lipinski definition) is 1. The van der Waals surface area contributed by atoms with Crippen LogP contribution in [0.2, 0.25) is 5.02 Å². The fraction of sp³-hybridized carbons (Fsp3) is 0.364. The maximum absolute atomic E-state index is 6.27. The molecule has 0 spiro atoms. The van der Waals surface area contributed by atoms with Crippen molar-refractivity contribution in [2.24, 2.45) is 0 Å². The van der Waals surface area contributed by atoms with Gasteiger partial charge in [0.15, 0.2) is 0 Å². The number of fused-ring (bicyclic) bond motifs is 2. The molecule has 3 aromatic rings. The minimum atomic E-state index is 0.370. The molecule has 2 aromatic heterocycles. The van der Waals surface area contributed by atoms with Gasteiger partial charge in [0.2, 0.25) is 0 Å². The van der Waals surface area contributed by atoms with Gasteiger partial charge in [0.1, 0.15) is 0 Å². The minimum Gasteiger partial charge on any atom is -0.351 e. The number of pyridine rings is 1. The molecule has 0 fully saturated rings. The van der Waals surface area contributed by atoms with Crippen molar-refractivity contribution in [2.45, 2.75) is 38.0 Å². The van der Waals surface area contributed by atoms with Crippen molar-refractivity contribution in [3.05, 3.63) is 82.2 Å². The average Bonchev–Trinajstić information content (AvgIpc) is 3.15. The second-order valence-corrected chi connectivity index (χ2v) is 8.67. The maximum atomic E-state index is 6.27. The van der Waals surface area contributed by atoms with E-state index in [0.29, 0.717) is 5.92 Å². The minimum absolute atomic E-state index is 0.370. The topological polar surface area (TPSA) is 41.6 Å².